The van der Waals surface area contributed by atoms with Gasteiger partial charge >= 0.3 is 0 Å². The minimum Gasteiger partial charge on any atom is -0.480 e. The third-order valence-corrected chi connectivity index (χ3v) is 5.87. The lowest BCUT2D eigenvalue weighted by atomic mass is 10.2. The van der Waals surface area contributed by atoms with E-state index in [1.165, 1.54) is 25.4 Å². The van der Waals surface area contributed by atoms with E-state index in [9.17, 15) is 17.2 Å². The third-order valence-electron chi connectivity index (χ3n) is 3.55. The summed E-state index contributed by atoms with van der Waals surface area (Å²) in [6, 6.07) is 4.62. The molecule has 144 valence electrons. The van der Waals surface area contributed by atoms with Crippen LogP contribution in [0.4, 0.5) is 14.7 Å². The zero-order valence-corrected chi connectivity index (χ0v) is 17.0. The molecule has 0 saturated carbocycles. The fraction of sp³-hybridized carbons (Fsp3) is 0.200. The average molecular weight is 482 g/mol. The Morgan fingerprint density at radius 3 is 2.67 bits per heavy atom. The number of sulfonamides is 1. The molecule has 2 heterocycles. The molecule has 0 atom stereocenters. The molecule has 0 bridgehead atoms. The summed E-state index contributed by atoms with van der Waals surface area (Å²) < 4.78 is 59.9. The van der Waals surface area contributed by atoms with Crippen LogP contribution in [0, 0.1) is 0 Å². The molecule has 0 saturated heterocycles. The van der Waals surface area contributed by atoms with Gasteiger partial charge < -0.3 is 9.72 Å². The molecule has 12 heteroatoms. The van der Waals surface area contributed by atoms with Gasteiger partial charge in [0.25, 0.3) is 15.9 Å². The molecule has 2 aromatic heterocycles. The highest BCUT2D eigenvalue weighted by Gasteiger charge is 2.33. The number of halogens is 4. The molecule has 0 radical (unpaired) electrons. The summed E-state index contributed by atoms with van der Waals surface area (Å²) in [5.41, 5.74) is -0.212. The summed E-state index contributed by atoms with van der Waals surface area (Å²) >= 11 is 8.83. The van der Waals surface area contributed by atoms with E-state index in [2.05, 4.69) is 35.6 Å². The van der Waals surface area contributed by atoms with Crippen molar-refractivity contribution in [2.24, 2.45) is 0 Å². The number of benzene rings is 1. The summed E-state index contributed by atoms with van der Waals surface area (Å²) in [7, 11) is -2.96. The Labute approximate surface area is 166 Å². The van der Waals surface area contributed by atoms with Crippen molar-refractivity contribution in [2.45, 2.75) is 17.7 Å². The van der Waals surface area contributed by atoms with Gasteiger partial charge in [-0.1, -0.05) is 11.6 Å². The standard InChI is InChI=1S/C15H12BrClF2N4O3S/c1-15(18,19)12-11(16)13(26-2)22-14(21-12)23-27(24,25)10-6-20-9-5-7(17)3-4-8(9)10/h3-6,20H,1-2H3,(H,21,22,23). The van der Waals surface area contributed by atoms with Crippen molar-refractivity contribution < 1.29 is 21.9 Å². The number of H-pyrrole nitrogens is 1. The fourth-order valence-electron chi connectivity index (χ4n) is 2.37. The third kappa shape index (κ3) is 3.85. The number of nitrogens with one attached hydrogen (secondary N) is 2. The van der Waals surface area contributed by atoms with Crippen LogP contribution in [0.25, 0.3) is 10.9 Å². The second-order valence-electron chi connectivity index (χ2n) is 5.56. The zero-order chi connectivity index (χ0) is 20.0. The number of hydrogen-bond acceptors (Lipinski definition) is 5. The van der Waals surface area contributed by atoms with Crippen LogP contribution >= 0.6 is 27.5 Å². The van der Waals surface area contributed by atoms with Gasteiger partial charge in [0.15, 0.2) is 0 Å². The minimum atomic E-state index is -4.17. The van der Waals surface area contributed by atoms with Crippen molar-refractivity contribution in [2.75, 3.05) is 11.8 Å². The summed E-state index contributed by atoms with van der Waals surface area (Å²) in [6.45, 7) is 0.626. The Hall–Kier alpha value is -1.98. The number of nitrogens with zero attached hydrogens (tertiary/aromatic N) is 2. The van der Waals surface area contributed by atoms with Crippen molar-refractivity contribution in [1.82, 2.24) is 15.0 Å². The highest BCUT2D eigenvalue weighted by molar-refractivity contribution is 9.10. The largest absolute Gasteiger partial charge is 0.480 e. The second-order valence-corrected chi connectivity index (χ2v) is 8.44. The van der Waals surface area contributed by atoms with Gasteiger partial charge in [-0.05, 0) is 34.1 Å². The number of ether oxygens (including phenoxy) is 1. The second kappa shape index (κ2) is 6.88. The van der Waals surface area contributed by atoms with Crippen LogP contribution < -0.4 is 9.46 Å². The number of fused-ring (bicyclic) bond motifs is 1. The zero-order valence-electron chi connectivity index (χ0n) is 13.8. The maximum absolute atomic E-state index is 13.8. The van der Waals surface area contributed by atoms with Gasteiger partial charge in [-0.2, -0.15) is 13.8 Å². The predicted octanol–water partition coefficient (Wildman–Crippen LogP) is 4.29. The average Bonchev–Trinajstić information content (AvgIpc) is 2.98. The van der Waals surface area contributed by atoms with Crippen molar-refractivity contribution in [3.63, 3.8) is 0 Å². The smallest absolute Gasteiger partial charge is 0.288 e. The molecule has 27 heavy (non-hydrogen) atoms. The molecule has 0 amide bonds. The Morgan fingerprint density at radius 1 is 1.33 bits per heavy atom. The van der Waals surface area contributed by atoms with E-state index in [0.717, 1.165) is 0 Å². The van der Waals surface area contributed by atoms with Crippen molar-refractivity contribution in [1.29, 1.82) is 0 Å². The van der Waals surface area contributed by atoms with Gasteiger partial charge in [-0.15, -0.1) is 0 Å². The molecule has 2 N–H and O–H groups in total. The van der Waals surface area contributed by atoms with Crippen LogP contribution in [-0.4, -0.2) is 30.5 Å². The summed E-state index contributed by atoms with van der Waals surface area (Å²) in [5.74, 6) is -4.13. The van der Waals surface area contributed by atoms with E-state index in [0.29, 0.717) is 22.8 Å². The first-order valence-electron chi connectivity index (χ1n) is 7.32. The topological polar surface area (TPSA) is 97.0 Å². The number of rotatable bonds is 5. The predicted molar refractivity (Wildman–Crippen MR) is 100.0 cm³/mol. The fourth-order valence-corrected chi connectivity index (χ4v) is 4.35. The lowest BCUT2D eigenvalue weighted by Crippen LogP contribution is -2.19. The number of anilines is 1. The first-order valence-corrected chi connectivity index (χ1v) is 9.97. The molecule has 3 aromatic rings. The number of methoxy groups -OCH3 is 1. The van der Waals surface area contributed by atoms with Gasteiger partial charge in [-0.25, -0.2) is 18.1 Å². The number of aromatic amines is 1. The van der Waals surface area contributed by atoms with Crippen molar-refractivity contribution >= 4 is 54.4 Å². The number of hydrogen-bond donors (Lipinski definition) is 2. The summed E-state index contributed by atoms with van der Waals surface area (Å²) in [4.78, 5) is 10.1. The molecule has 0 spiro atoms. The molecule has 7 nitrogen and oxygen atoms in total. The van der Waals surface area contributed by atoms with Crippen LogP contribution in [0.2, 0.25) is 5.02 Å². The normalized spacial score (nSPS) is 12.4. The van der Waals surface area contributed by atoms with Gasteiger partial charge in [0.05, 0.1) is 7.11 Å². The van der Waals surface area contributed by atoms with E-state index < -0.39 is 27.6 Å². The van der Waals surface area contributed by atoms with E-state index in [1.54, 1.807) is 6.07 Å². The number of aromatic nitrogens is 3. The Morgan fingerprint density at radius 2 is 2.04 bits per heavy atom. The highest BCUT2D eigenvalue weighted by Crippen LogP contribution is 2.37. The Kier molecular flexibility index (Phi) is 5.04. The number of alkyl halides is 2. The van der Waals surface area contributed by atoms with E-state index >= 15 is 0 Å². The highest BCUT2D eigenvalue weighted by atomic mass is 79.9. The Bertz CT molecular complexity index is 1130. The molecule has 0 aliphatic heterocycles. The molecule has 0 aliphatic carbocycles. The first-order chi connectivity index (χ1) is 12.5. The molecule has 1 aromatic carbocycles. The van der Waals surface area contributed by atoms with E-state index in [1.807, 2.05) is 0 Å². The van der Waals surface area contributed by atoms with Crippen LogP contribution in [-0.2, 0) is 15.9 Å². The molecule has 3 rings (SSSR count). The molecular weight excluding hydrogens is 470 g/mol. The minimum absolute atomic E-state index is 0.107. The summed E-state index contributed by atoms with van der Waals surface area (Å²) in [5, 5.41) is 0.800. The van der Waals surface area contributed by atoms with E-state index in [4.69, 9.17) is 16.3 Å². The first kappa shape index (κ1) is 19.8. The molecular formula is C15H12BrClF2N4O3S. The maximum Gasteiger partial charge on any atom is 0.288 e. The van der Waals surface area contributed by atoms with Crippen LogP contribution in [0.3, 0.4) is 0 Å². The van der Waals surface area contributed by atoms with Crippen molar-refractivity contribution in [3.05, 3.63) is 39.6 Å². The summed E-state index contributed by atoms with van der Waals surface area (Å²) in [6.07, 6.45) is 1.26. The molecule has 0 aliphatic rings. The van der Waals surface area contributed by atoms with Crippen LogP contribution in [0.15, 0.2) is 33.8 Å². The lowest BCUT2D eigenvalue weighted by Gasteiger charge is -2.15. The van der Waals surface area contributed by atoms with Gasteiger partial charge in [-0.3, -0.25) is 0 Å². The molecule has 0 unspecified atom stereocenters. The quantitative estimate of drug-likeness (QED) is 0.566. The van der Waals surface area contributed by atoms with Gasteiger partial charge in [0, 0.05) is 29.0 Å². The maximum atomic E-state index is 13.8. The van der Waals surface area contributed by atoms with Gasteiger partial charge in [0.1, 0.15) is 15.1 Å². The van der Waals surface area contributed by atoms with Gasteiger partial charge in [0.2, 0.25) is 11.8 Å². The van der Waals surface area contributed by atoms with Crippen LogP contribution in [0.5, 0.6) is 5.88 Å². The molecule has 0 fully saturated rings. The van der Waals surface area contributed by atoms with Crippen molar-refractivity contribution in [3.8, 4) is 5.88 Å². The Balaban J connectivity index is 2.08. The SMILES string of the molecule is COc1nc(NS(=O)(=O)c2c[nH]c3cc(Cl)ccc23)nc(C(C)(F)F)c1Br. The lowest BCUT2D eigenvalue weighted by molar-refractivity contribution is 0.0116. The monoisotopic (exact) mass is 480 g/mol. The van der Waals surface area contributed by atoms with Crippen LogP contribution in [0.1, 0.15) is 12.6 Å². The van der Waals surface area contributed by atoms with E-state index in [-0.39, 0.29) is 15.2 Å².